The number of ketones is 1. The summed E-state index contributed by atoms with van der Waals surface area (Å²) in [4.78, 5) is 43.6. The van der Waals surface area contributed by atoms with Gasteiger partial charge in [0.25, 0.3) is 5.91 Å². The van der Waals surface area contributed by atoms with Gasteiger partial charge in [-0.25, -0.2) is 4.39 Å². The second-order valence-electron chi connectivity index (χ2n) is 11.5. The van der Waals surface area contributed by atoms with Gasteiger partial charge in [0.15, 0.2) is 11.5 Å². The first-order chi connectivity index (χ1) is 19.5. The lowest BCUT2D eigenvalue weighted by Crippen LogP contribution is -2.50. The normalized spacial score (nSPS) is 25.9. The molecule has 3 N–H and O–H groups in total. The number of aliphatic imine (C=N–C) groups is 1. The van der Waals surface area contributed by atoms with Gasteiger partial charge in [0.1, 0.15) is 5.67 Å². The molecule has 4 saturated carbocycles. The van der Waals surface area contributed by atoms with Crippen molar-refractivity contribution in [3.05, 3.63) is 44.5 Å². The first-order valence-corrected chi connectivity index (χ1v) is 14.7. The van der Waals surface area contributed by atoms with E-state index in [1.54, 1.807) is 0 Å². The van der Waals surface area contributed by atoms with Crippen molar-refractivity contribution in [3.63, 3.8) is 0 Å². The van der Waals surface area contributed by atoms with Crippen molar-refractivity contribution in [3.8, 4) is 0 Å². The Morgan fingerprint density at radius 1 is 0.976 bits per heavy atom. The van der Waals surface area contributed by atoms with Gasteiger partial charge in [0.05, 0.1) is 45.2 Å². The summed E-state index contributed by atoms with van der Waals surface area (Å²) in [6, 6.07) is 2.49. The maximum absolute atomic E-state index is 15.7. The lowest BCUT2D eigenvalue weighted by molar-refractivity contribution is -0.156. The molecule has 14 heteroatoms. The molecule has 1 aromatic rings. The molecule has 2 bridgehead atoms. The molecule has 0 heterocycles. The van der Waals surface area contributed by atoms with Crippen LogP contribution in [0.3, 0.4) is 0 Å². The molecule has 0 aromatic heterocycles. The van der Waals surface area contributed by atoms with Gasteiger partial charge in [0, 0.05) is 11.2 Å². The molecule has 4 fully saturated rings. The molecule has 4 aliphatic carbocycles. The summed E-state index contributed by atoms with van der Waals surface area (Å²) in [5.74, 6) is -3.14. The van der Waals surface area contributed by atoms with Gasteiger partial charge in [-0.1, -0.05) is 47.6 Å². The first-order valence-electron chi connectivity index (χ1n) is 13.5. The fourth-order valence-corrected chi connectivity index (χ4v) is 7.39. The Morgan fingerprint density at radius 2 is 1.50 bits per heavy atom. The minimum Gasteiger partial charge on any atom is -0.481 e. The highest BCUT2D eigenvalue weighted by Crippen LogP contribution is 2.54. The summed E-state index contributed by atoms with van der Waals surface area (Å²) in [5, 5.41) is 9.49. The van der Waals surface area contributed by atoms with Crippen LogP contribution in [0.15, 0.2) is 28.9 Å². The summed E-state index contributed by atoms with van der Waals surface area (Å²) in [7, 11) is 0. The molecule has 1 amide bonds. The zero-order chi connectivity index (χ0) is 31.1. The summed E-state index contributed by atoms with van der Waals surface area (Å²) in [5.41, 5.74) is -1.32. The Bertz CT molecular complexity index is 1290. The summed E-state index contributed by atoms with van der Waals surface area (Å²) in [6.45, 7) is -1.49. The van der Waals surface area contributed by atoms with E-state index >= 15 is 4.39 Å². The SMILES string of the molecule is NC=C(C(=O)N(CC(=O)c1c(Cl)cc(Cl)cc1Cl)CC1(F)CCCC1)C(=NC12CCC(C(=O)O)(CC1)CC2)C(F)(F)F. The summed E-state index contributed by atoms with van der Waals surface area (Å²) >= 11 is 18.2. The molecule has 0 unspecified atom stereocenters. The number of nitrogens with two attached hydrogens (primary N) is 1. The molecule has 4 aliphatic rings. The Morgan fingerprint density at radius 3 is 1.95 bits per heavy atom. The second-order valence-corrected chi connectivity index (χ2v) is 12.8. The van der Waals surface area contributed by atoms with E-state index in [2.05, 4.69) is 4.99 Å². The Labute approximate surface area is 255 Å². The number of hydrogen-bond donors (Lipinski definition) is 2. The van der Waals surface area contributed by atoms with E-state index < -0.39 is 64.8 Å². The van der Waals surface area contributed by atoms with Gasteiger partial charge in [0.2, 0.25) is 0 Å². The minimum atomic E-state index is -5.13. The van der Waals surface area contributed by atoms with Crippen LogP contribution in [0.1, 0.15) is 74.6 Å². The number of nitrogens with zero attached hydrogens (tertiary/aromatic N) is 2. The van der Waals surface area contributed by atoms with Crippen molar-refractivity contribution in [1.82, 2.24) is 4.90 Å². The van der Waals surface area contributed by atoms with E-state index in [9.17, 15) is 32.7 Å². The molecule has 42 heavy (non-hydrogen) atoms. The van der Waals surface area contributed by atoms with E-state index in [1.807, 2.05) is 0 Å². The quantitative estimate of drug-likeness (QED) is 0.129. The highest BCUT2D eigenvalue weighted by atomic mass is 35.5. The highest BCUT2D eigenvalue weighted by Gasteiger charge is 2.54. The van der Waals surface area contributed by atoms with Gasteiger partial charge < -0.3 is 15.7 Å². The Balaban J connectivity index is 1.70. The second kappa shape index (κ2) is 12.0. The third-order valence-corrected chi connectivity index (χ3v) is 9.63. The predicted octanol–water partition coefficient (Wildman–Crippen LogP) is 6.96. The molecule has 0 radical (unpaired) electrons. The van der Waals surface area contributed by atoms with E-state index in [1.165, 1.54) is 12.1 Å². The minimum absolute atomic E-state index is 0.0593. The summed E-state index contributed by atoms with van der Waals surface area (Å²) < 4.78 is 59.2. The van der Waals surface area contributed by atoms with Crippen LogP contribution in [0.2, 0.25) is 15.1 Å². The standard InChI is InChI=1S/C28H30Cl3F4N3O4/c29-16-11-18(30)21(19(31)12-16)20(39)14-38(15-26(32)3-1-2-4-26)23(40)17(13-36)22(28(33,34)35)37-27-8-5-25(6-9-27,7-10-27)24(41)42/h11-13H,1-10,14-15,36H2,(H,41,42). The van der Waals surface area contributed by atoms with Crippen molar-refractivity contribution < 1.29 is 37.1 Å². The maximum Gasteiger partial charge on any atom is 0.433 e. The number of Topliss-reactive ketones (excluding diaryl/α,β-unsaturated/α-hetero) is 1. The highest BCUT2D eigenvalue weighted by molar-refractivity contribution is 6.42. The summed E-state index contributed by atoms with van der Waals surface area (Å²) in [6.07, 6.45) is -2.79. The van der Waals surface area contributed by atoms with Gasteiger partial charge in [-0.3, -0.25) is 19.4 Å². The number of carbonyl (C=O) groups is 3. The number of hydrogen-bond acceptors (Lipinski definition) is 5. The van der Waals surface area contributed by atoms with E-state index in [-0.39, 0.29) is 72.0 Å². The first kappa shape index (κ1) is 32.5. The lowest BCUT2D eigenvalue weighted by Gasteiger charge is -2.49. The zero-order valence-electron chi connectivity index (χ0n) is 22.5. The Kier molecular flexibility index (Phi) is 9.27. The van der Waals surface area contributed by atoms with Crippen LogP contribution < -0.4 is 5.73 Å². The van der Waals surface area contributed by atoms with Crippen LogP contribution in [-0.2, 0) is 9.59 Å². The molecule has 0 saturated heterocycles. The Hall–Kier alpha value is -2.37. The van der Waals surface area contributed by atoms with E-state index in [0.717, 1.165) is 0 Å². The van der Waals surface area contributed by atoms with Crippen LogP contribution in [0.5, 0.6) is 0 Å². The molecule has 230 valence electrons. The van der Waals surface area contributed by atoms with Crippen LogP contribution >= 0.6 is 34.8 Å². The third kappa shape index (κ3) is 6.58. The topological polar surface area (TPSA) is 113 Å². The molecule has 1 aromatic carbocycles. The van der Waals surface area contributed by atoms with Crippen molar-refractivity contribution in [1.29, 1.82) is 0 Å². The number of halogens is 7. The van der Waals surface area contributed by atoms with Gasteiger partial charge in [-0.2, -0.15) is 13.2 Å². The molecular formula is C28H30Cl3F4N3O4. The van der Waals surface area contributed by atoms with Gasteiger partial charge >= 0.3 is 12.1 Å². The van der Waals surface area contributed by atoms with Gasteiger partial charge in [-0.05, 0) is 63.5 Å². The predicted molar refractivity (Wildman–Crippen MR) is 151 cm³/mol. The van der Waals surface area contributed by atoms with E-state index in [4.69, 9.17) is 40.5 Å². The number of fused-ring (bicyclic) bond motifs is 3. The van der Waals surface area contributed by atoms with Crippen molar-refractivity contribution >= 4 is 58.2 Å². The van der Waals surface area contributed by atoms with Gasteiger partial charge in [-0.15, -0.1) is 0 Å². The third-order valence-electron chi connectivity index (χ3n) is 8.81. The molecule has 5 rings (SSSR count). The van der Waals surface area contributed by atoms with Crippen LogP contribution in [0.4, 0.5) is 17.6 Å². The number of benzene rings is 1. The number of rotatable bonds is 9. The smallest absolute Gasteiger partial charge is 0.433 e. The van der Waals surface area contributed by atoms with Crippen LogP contribution in [-0.4, -0.2) is 63.9 Å². The number of amides is 1. The lowest BCUT2D eigenvalue weighted by atomic mass is 9.57. The van der Waals surface area contributed by atoms with Crippen molar-refractivity contribution in [2.45, 2.75) is 81.6 Å². The largest absolute Gasteiger partial charge is 0.481 e. The number of alkyl halides is 4. The number of aliphatic carboxylic acids is 1. The number of carboxylic acids is 1. The fraction of sp³-hybridized carbons (Fsp3) is 0.571. The average molecular weight is 655 g/mol. The average Bonchev–Trinajstić information content (AvgIpc) is 3.33. The van der Waals surface area contributed by atoms with E-state index in [0.29, 0.717) is 23.9 Å². The zero-order valence-corrected chi connectivity index (χ0v) is 24.8. The monoisotopic (exact) mass is 653 g/mol. The van der Waals surface area contributed by atoms with Crippen molar-refractivity contribution in [2.24, 2.45) is 16.1 Å². The number of carbonyl (C=O) groups excluding carboxylic acids is 2. The molecule has 0 aliphatic heterocycles. The maximum atomic E-state index is 15.7. The van der Waals surface area contributed by atoms with Crippen LogP contribution in [0.25, 0.3) is 0 Å². The van der Waals surface area contributed by atoms with Crippen molar-refractivity contribution in [2.75, 3.05) is 13.1 Å². The molecular weight excluding hydrogens is 625 g/mol. The van der Waals surface area contributed by atoms with Crippen LogP contribution in [0, 0.1) is 5.41 Å². The molecule has 0 spiro atoms. The molecule has 0 atom stereocenters. The number of carboxylic acid groups (broad SMARTS) is 1. The molecule has 7 nitrogen and oxygen atoms in total. The fourth-order valence-electron chi connectivity index (χ4n) is 6.36.